The SMILES string of the molecule is COc1cccc(C#CC(=O)Nc2cccc(C(C)=O)c2)c1. The highest BCUT2D eigenvalue weighted by Crippen LogP contribution is 2.12. The monoisotopic (exact) mass is 293 g/mol. The van der Waals surface area contributed by atoms with Gasteiger partial charge in [-0.1, -0.05) is 24.1 Å². The van der Waals surface area contributed by atoms with Gasteiger partial charge in [0.05, 0.1) is 7.11 Å². The Balaban J connectivity index is 2.09. The van der Waals surface area contributed by atoms with Crippen LogP contribution in [0.3, 0.4) is 0 Å². The number of carbonyl (C=O) groups is 2. The zero-order valence-corrected chi connectivity index (χ0v) is 12.3. The molecule has 0 aliphatic carbocycles. The molecule has 1 amide bonds. The molecule has 2 aromatic carbocycles. The van der Waals surface area contributed by atoms with E-state index in [4.69, 9.17) is 4.74 Å². The molecule has 4 heteroatoms. The van der Waals surface area contributed by atoms with Crippen molar-refractivity contribution in [3.05, 3.63) is 59.7 Å². The molecular weight excluding hydrogens is 278 g/mol. The lowest BCUT2D eigenvalue weighted by atomic mass is 10.1. The first-order valence-electron chi connectivity index (χ1n) is 6.66. The summed E-state index contributed by atoms with van der Waals surface area (Å²) in [5.74, 6) is 5.46. The van der Waals surface area contributed by atoms with Gasteiger partial charge in [-0.25, -0.2) is 0 Å². The average molecular weight is 293 g/mol. The van der Waals surface area contributed by atoms with Crippen LogP contribution in [0.1, 0.15) is 22.8 Å². The standard InChI is InChI=1S/C18H15NO3/c1-13(20)15-6-4-7-16(12-15)19-18(21)10-9-14-5-3-8-17(11-14)22-2/h3-8,11-12H,1-2H3,(H,19,21). The summed E-state index contributed by atoms with van der Waals surface area (Å²) in [6, 6.07) is 13.9. The van der Waals surface area contributed by atoms with Crippen molar-refractivity contribution in [1.82, 2.24) is 0 Å². The van der Waals surface area contributed by atoms with E-state index in [0.717, 1.165) is 0 Å². The van der Waals surface area contributed by atoms with Crippen molar-refractivity contribution in [3.63, 3.8) is 0 Å². The minimum absolute atomic E-state index is 0.0569. The fourth-order valence-electron chi connectivity index (χ4n) is 1.81. The van der Waals surface area contributed by atoms with Gasteiger partial charge in [-0.05, 0) is 37.3 Å². The van der Waals surface area contributed by atoms with Crippen LogP contribution in [0.25, 0.3) is 0 Å². The normalized spacial score (nSPS) is 9.36. The maximum atomic E-state index is 11.8. The summed E-state index contributed by atoms with van der Waals surface area (Å²) < 4.78 is 5.09. The number of hydrogen-bond donors (Lipinski definition) is 1. The number of carbonyl (C=O) groups excluding carboxylic acids is 2. The van der Waals surface area contributed by atoms with E-state index in [0.29, 0.717) is 22.6 Å². The van der Waals surface area contributed by atoms with Crippen LogP contribution in [0.15, 0.2) is 48.5 Å². The molecule has 4 nitrogen and oxygen atoms in total. The van der Waals surface area contributed by atoms with Crippen LogP contribution in [-0.2, 0) is 4.79 Å². The summed E-state index contributed by atoms with van der Waals surface area (Å²) >= 11 is 0. The fourth-order valence-corrected chi connectivity index (χ4v) is 1.81. The van der Waals surface area contributed by atoms with Crippen LogP contribution in [0.2, 0.25) is 0 Å². The molecular formula is C18H15NO3. The fraction of sp³-hybridized carbons (Fsp3) is 0.111. The van der Waals surface area contributed by atoms with Crippen molar-refractivity contribution >= 4 is 17.4 Å². The van der Waals surface area contributed by atoms with Crippen LogP contribution in [0.4, 0.5) is 5.69 Å². The third kappa shape index (κ3) is 4.22. The van der Waals surface area contributed by atoms with Crippen molar-refractivity contribution in [1.29, 1.82) is 0 Å². The van der Waals surface area contributed by atoms with E-state index in [9.17, 15) is 9.59 Å². The highest BCUT2D eigenvalue weighted by molar-refractivity contribution is 6.05. The van der Waals surface area contributed by atoms with E-state index < -0.39 is 5.91 Å². The molecule has 0 aliphatic heterocycles. The van der Waals surface area contributed by atoms with E-state index in [2.05, 4.69) is 17.2 Å². The third-order valence-corrected chi connectivity index (χ3v) is 2.92. The Bertz CT molecular complexity index is 769. The lowest BCUT2D eigenvalue weighted by molar-refractivity contribution is -0.111. The van der Waals surface area contributed by atoms with Gasteiger partial charge in [-0.15, -0.1) is 0 Å². The molecule has 1 N–H and O–H groups in total. The van der Waals surface area contributed by atoms with Gasteiger partial charge in [-0.2, -0.15) is 0 Å². The van der Waals surface area contributed by atoms with E-state index >= 15 is 0 Å². The maximum absolute atomic E-state index is 11.8. The third-order valence-electron chi connectivity index (χ3n) is 2.92. The smallest absolute Gasteiger partial charge is 0.300 e. The second kappa shape index (κ2) is 7.09. The topological polar surface area (TPSA) is 55.4 Å². The molecule has 0 atom stereocenters. The molecule has 0 aliphatic rings. The molecule has 0 radical (unpaired) electrons. The number of methoxy groups -OCH3 is 1. The number of benzene rings is 2. The molecule has 0 fully saturated rings. The van der Waals surface area contributed by atoms with Crippen molar-refractivity contribution in [3.8, 4) is 17.6 Å². The zero-order valence-electron chi connectivity index (χ0n) is 12.3. The second-order valence-corrected chi connectivity index (χ2v) is 4.57. The number of amides is 1. The number of hydrogen-bond acceptors (Lipinski definition) is 3. The van der Waals surface area contributed by atoms with Crippen LogP contribution < -0.4 is 10.1 Å². The molecule has 0 heterocycles. The number of anilines is 1. The number of ketones is 1. The molecule has 0 bridgehead atoms. The van der Waals surface area contributed by atoms with E-state index in [1.807, 2.05) is 0 Å². The number of Topliss-reactive ketones (excluding diaryl/α,β-unsaturated/α-hetero) is 1. The minimum atomic E-state index is -0.441. The van der Waals surface area contributed by atoms with Crippen LogP contribution >= 0.6 is 0 Å². The summed E-state index contributed by atoms with van der Waals surface area (Å²) in [4.78, 5) is 23.1. The van der Waals surface area contributed by atoms with Crippen molar-refractivity contribution in [2.45, 2.75) is 6.92 Å². The number of nitrogens with one attached hydrogen (secondary N) is 1. The van der Waals surface area contributed by atoms with Gasteiger partial charge in [0.25, 0.3) is 0 Å². The number of rotatable bonds is 3. The highest BCUT2D eigenvalue weighted by Gasteiger charge is 2.02. The predicted molar refractivity (Wildman–Crippen MR) is 84.9 cm³/mol. The molecule has 0 unspecified atom stereocenters. The molecule has 0 spiro atoms. The Morgan fingerprint density at radius 1 is 1.09 bits per heavy atom. The Hall–Kier alpha value is -3.06. The van der Waals surface area contributed by atoms with Crippen molar-refractivity contribution < 1.29 is 14.3 Å². The summed E-state index contributed by atoms with van der Waals surface area (Å²) in [7, 11) is 1.57. The Kier molecular flexibility index (Phi) is 4.94. The van der Waals surface area contributed by atoms with E-state index in [-0.39, 0.29) is 5.78 Å². The van der Waals surface area contributed by atoms with Gasteiger partial charge < -0.3 is 10.1 Å². The lowest BCUT2D eigenvalue weighted by Gasteiger charge is -2.02. The van der Waals surface area contributed by atoms with Gasteiger partial charge in [0, 0.05) is 22.7 Å². The van der Waals surface area contributed by atoms with Gasteiger partial charge in [0.1, 0.15) is 5.75 Å². The molecule has 22 heavy (non-hydrogen) atoms. The number of ether oxygens (including phenoxy) is 1. The molecule has 0 aromatic heterocycles. The minimum Gasteiger partial charge on any atom is -0.497 e. The summed E-state index contributed by atoms with van der Waals surface area (Å²) in [6.07, 6.45) is 0. The first-order chi connectivity index (χ1) is 10.6. The average Bonchev–Trinajstić information content (AvgIpc) is 2.53. The summed E-state index contributed by atoms with van der Waals surface area (Å²) in [6.45, 7) is 1.48. The predicted octanol–water partition coefficient (Wildman–Crippen LogP) is 2.89. The Labute approximate surface area is 129 Å². The maximum Gasteiger partial charge on any atom is 0.300 e. The van der Waals surface area contributed by atoms with Crippen LogP contribution in [0.5, 0.6) is 5.75 Å². The molecule has 0 saturated carbocycles. The van der Waals surface area contributed by atoms with E-state index in [1.165, 1.54) is 6.92 Å². The quantitative estimate of drug-likeness (QED) is 0.699. The van der Waals surface area contributed by atoms with Gasteiger partial charge in [-0.3, -0.25) is 9.59 Å². The second-order valence-electron chi connectivity index (χ2n) is 4.57. The van der Waals surface area contributed by atoms with Crippen molar-refractivity contribution in [2.24, 2.45) is 0 Å². The first kappa shape index (κ1) is 15.3. The molecule has 2 rings (SSSR count). The highest BCUT2D eigenvalue weighted by atomic mass is 16.5. The van der Waals surface area contributed by atoms with Gasteiger partial charge >= 0.3 is 5.91 Å². The summed E-state index contributed by atoms with van der Waals surface area (Å²) in [5.41, 5.74) is 1.77. The largest absolute Gasteiger partial charge is 0.497 e. The molecule has 0 saturated heterocycles. The van der Waals surface area contributed by atoms with E-state index in [1.54, 1.807) is 55.6 Å². The Morgan fingerprint density at radius 3 is 2.59 bits per heavy atom. The summed E-state index contributed by atoms with van der Waals surface area (Å²) in [5, 5.41) is 2.64. The Morgan fingerprint density at radius 2 is 1.86 bits per heavy atom. The molecule has 2 aromatic rings. The van der Waals surface area contributed by atoms with Gasteiger partial charge in [0.2, 0.25) is 0 Å². The van der Waals surface area contributed by atoms with Crippen LogP contribution in [-0.4, -0.2) is 18.8 Å². The molecule has 110 valence electrons. The zero-order chi connectivity index (χ0) is 15.9. The van der Waals surface area contributed by atoms with Crippen molar-refractivity contribution in [2.75, 3.05) is 12.4 Å². The van der Waals surface area contributed by atoms with Gasteiger partial charge in [0.15, 0.2) is 5.78 Å². The first-order valence-corrected chi connectivity index (χ1v) is 6.66. The lowest BCUT2D eigenvalue weighted by Crippen LogP contribution is -2.09. The van der Waals surface area contributed by atoms with Crippen LogP contribution in [0, 0.1) is 11.8 Å².